The molecule has 0 bridgehead atoms. The largest absolute Gasteiger partial charge is 0.369 e. The van der Waals surface area contributed by atoms with Crippen molar-refractivity contribution < 1.29 is 4.79 Å². The van der Waals surface area contributed by atoms with E-state index < -0.39 is 0 Å². The molecule has 1 fully saturated rings. The van der Waals surface area contributed by atoms with E-state index >= 15 is 0 Å². The van der Waals surface area contributed by atoms with Crippen molar-refractivity contribution in [3.63, 3.8) is 0 Å². The molecule has 0 atom stereocenters. The Balaban J connectivity index is 2.14. The molecule has 0 unspecified atom stereocenters. The molecule has 17 heavy (non-hydrogen) atoms. The van der Waals surface area contributed by atoms with Gasteiger partial charge in [0, 0.05) is 12.5 Å². The van der Waals surface area contributed by atoms with Crippen LogP contribution in [0.25, 0.3) is 0 Å². The summed E-state index contributed by atoms with van der Waals surface area (Å²) in [6, 6.07) is 0. The highest BCUT2D eigenvalue weighted by Gasteiger charge is 2.24. The van der Waals surface area contributed by atoms with Crippen LogP contribution < -0.4 is 5.73 Å². The predicted octanol–water partition coefficient (Wildman–Crippen LogP) is 1.53. The summed E-state index contributed by atoms with van der Waals surface area (Å²) >= 11 is 1.37. The zero-order valence-corrected chi connectivity index (χ0v) is 10.9. The minimum Gasteiger partial charge on any atom is -0.369 e. The van der Waals surface area contributed by atoms with Crippen LogP contribution in [0.3, 0.4) is 0 Å². The van der Waals surface area contributed by atoms with Gasteiger partial charge < -0.3 is 10.3 Å². The molecule has 6 heteroatoms. The number of hydrogen-bond acceptors (Lipinski definition) is 4. The van der Waals surface area contributed by atoms with Gasteiger partial charge in [-0.25, -0.2) is 0 Å². The molecular formula is C11H18N4OS. The lowest BCUT2D eigenvalue weighted by Crippen LogP contribution is -2.14. The lowest BCUT2D eigenvalue weighted by Gasteiger charge is -2.11. The van der Waals surface area contributed by atoms with Gasteiger partial charge in [-0.3, -0.25) is 4.79 Å². The quantitative estimate of drug-likeness (QED) is 0.809. The summed E-state index contributed by atoms with van der Waals surface area (Å²) in [4.78, 5) is 10.8. The second-order valence-electron chi connectivity index (χ2n) is 4.32. The molecule has 1 saturated carbocycles. The summed E-state index contributed by atoms with van der Waals surface area (Å²) in [7, 11) is 0. The van der Waals surface area contributed by atoms with E-state index in [1.165, 1.54) is 37.4 Å². The zero-order valence-electron chi connectivity index (χ0n) is 10.1. The Labute approximate surface area is 105 Å². The van der Waals surface area contributed by atoms with Crippen molar-refractivity contribution in [1.29, 1.82) is 0 Å². The molecule has 5 nitrogen and oxygen atoms in total. The van der Waals surface area contributed by atoms with Crippen LogP contribution >= 0.6 is 11.8 Å². The summed E-state index contributed by atoms with van der Waals surface area (Å²) < 4.78 is 2.11. The van der Waals surface area contributed by atoms with Crippen LogP contribution in [-0.2, 0) is 11.3 Å². The summed E-state index contributed by atoms with van der Waals surface area (Å²) in [6.45, 7) is 2.93. The van der Waals surface area contributed by atoms with Crippen LogP contribution in [0.15, 0.2) is 5.16 Å². The molecule has 0 aliphatic heterocycles. The number of primary amides is 1. The maximum absolute atomic E-state index is 10.8. The summed E-state index contributed by atoms with van der Waals surface area (Å²) in [5, 5.41) is 9.27. The van der Waals surface area contributed by atoms with Crippen molar-refractivity contribution in [2.45, 2.75) is 50.2 Å². The number of nitrogens with two attached hydrogens (primary N) is 1. The van der Waals surface area contributed by atoms with Gasteiger partial charge in [0.1, 0.15) is 5.82 Å². The molecule has 0 spiro atoms. The Morgan fingerprint density at radius 3 is 2.76 bits per heavy atom. The second-order valence-corrected chi connectivity index (χ2v) is 5.26. The fourth-order valence-corrected chi connectivity index (χ4v) is 3.07. The summed E-state index contributed by atoms with van der Waals surface area (Å²) in [6.07, 6.45) is 4.98. The number of carbonyl (C=O) groups excluding carboxylic acids is 1. The molecule has 1 aliphatic carbocycles. The maximum Gasteiger partial charge on any atom is 0.227 e. The first-order valence-corrected chi connectivity index (χ1v) is 7.05. The van der Waals surface area contributed by atoms with E-state index in [9.17, 15) is 4.79 Å². The highest BCUT2D eigenvalue weighted by atomic mass is 32.2. The maximum atomic E-state index is 10.8. The smallest absolute Gasteiger partial charge is 0.227 e. The first-order valence-electron chi connectivity index (χ1n) is 6.06. The minimum absolute atomic E-state index is 0.267. The second kappa shape index (κ2) is 5.53. The number of aromatic nitrogens is 3. The molecule has 1 heterocycles. The van der Waals surface area contributed by atoms with Gasteiger partial charge in [0.2, 0.25) is 5.91 Å². The van der Waals surface area contributed by atoms with Crippen molar-refractivity contribution in [3.8, 4) is 0 Å². The molecule has 0 saturated heterocycles. The number of nitrogens with zero attached hydrogens (tertiary/aromatic N) is 3. The number of hydrogen-bond donors (Lipinski definition) is 1. The van der Waals surface area contributed by atoms with Gasteiger partial charge in [0.25, 0.3) is 0 Å². The normalized spacial score (nSPS) is 16.5. The van der Waals surface area contributed by atoms with Gasteiger partial charge in [-0.05, 0) is 19.8 Å². The van der Waals surface area contributed by atoms with Gasteiger partial charge in [-0.15, -0.1) is 10.2 Å². The Hall–Kier alpha value is -1.04. The highest BCUT2D eigenvalue weighted by Crippen LogP contribution is 2.34. The molecular weight excluding hydrogens is 236 g/mol. The zero-order chi connectivity index (χ0) is 12.3. The first-order chi connectivity index (χ1) is 8.22. The topological polar surface area (TPSA) is 73.8 Å². The fraction of sp³-hybridized carbons (Fsp3) is 0.727. The molecule has 0 radical (unpaired) electrons. The Morgan fingerprint density at radius 1 is 1.47 bits per heavy atom. The average Bonchev–Trinajstić information content (AvgIpc) is 2.94. The molecule has 1 amide bonds. The predicted molar refractivity (Wildman–Crippen MR) is 66.8 cm³/mol. The van der Waals surface area contributed by atoms with Crippen molar-refractivity contribution >= 4 is 17.7 Å². The van der Waals surface area contributed by atoms with Crippen LogP contribution in [-0.4, -0.2) is 26.4 Å². The van der Waals surface area contributed by atoms with Crippen LogP contribution in [0, 0.1) is 0 Å². The van der Waals surface area contributed by atoms with E-state index in [-0.39, 0.29) is 11.7 Å². The van der Waals surface area contributed by atoms with Gasteiger partial charge >= 0.3 is 0 Å². The number of carbonyl (C=O) groups is 1. The van der Waals surface area contributed by atoms with E-state index in [0.717, 1.165) is 17.5 Å². The molecule has 94 valence electrons. The van der Waals surface area contributed by atoms with Crippen LogP contribution in [0.2, 0.25) is 0 Å². The Morgan fingerprint density at radius 2 is 2.18 bits per heavy atom. The van der Waals surface area contributed by atoms with E-state index in [4.69, 9.17) is 5.73 Å². The third-order valence-corrected chi connectivity index (χ3v) is 4.11. The first kappa shape index (κ1) is 12.4. The third kappa shape index (κ3) is 2.80. The van der Waals surface area contributed by atoms with Crippen LogP contribution in [0.5, 0.6) is 0 Å². The molecule has 1 aromatic rings. The SMILES string of the molecule is CCn1c(SCC(N)=O)nnc1C1CCCC1. The van der Waals surface area contributed by atoms with Crippen molar-refractivity contribution in [3.05, 3.63) is 5.82 Å². The lowest BCUT2D eigenvalue weighted by atomic mass is 10.1. The number of amides is 1. The summed E-state index contributed by atoms with van der Waals surface area (Å²) in [5.41, 5.74) is 5.14. The van der Waals surface area contributed by atoms with Gasteiger partial charge in [0.15, 0.2) is 5.16 Å². The van der Waals surface area contributed by atoms with E-state index in [1.54, 1.807) is 0 Å². The van der Waals surface area contributed by atoms with Gasteiger partial charge in [-0.2, -0.15) is 0 Å². The lowest BCUT2D eigenvalue weighted by molar-refractivity contribution is -0.115. The van der Waals surface area contributed by atoms with Crippen molar-refractivity contribution in [1.82, 2.24) is 14.8 Å². The molecule has 0 aromatic carbocycles. The van der Waals surface area contributed by atoms with E-state index in [2.05, 4.69) is 21.7 Å². The molecule has 2 N–H and O–H groups in total. The van der Waals surface area contributed by atoms with Crippen LogP contribution in [0.4, 0.5) is 0 Å². The van der Waals surface area contributed by atoms with E-state index in [0.29, 0.717) is 5.92 Å². The molecule has 1 aliphatic rings. The summed E-state index contributed by atoms with van der Waals surface area (Å²) in [5.74, 6) is 1.58. The standard InChI is InChI=1S/C11H18N4OS/c1-2-15-10(8-5-3-4-6-8)13-14-11(15)17-7-9(12)16/h8H,2-7H2,1H3,(H2,12,16). The Bertz CT molecular complexity index is 398. The van der Waals surface area contributed by atoms with Gasteiger partial charge in [0.05, 0.1) is 5.75 Å². The molecule has 2 rings (SSSR count). The third-order valence-electron chi connectivity index (χ3n) is 3.13. The van der Waals surface area contributed by atoms with Crippen molar-refractivity contribution in [2.24, 2.45) is 5.73 Å². The van der Waals surface area contributed by atoms with Crippen molar-refractivity contribution in [2.75, 3.05) is 5.75 Å². The monoisotopic (exact) mass is 254 g/mol. The molecule has 1 aromatic heterocycles. The minimum atomic E-state index is -0.317. The van der Waals surface area contributed by atoms with Crippen LogP contribution in [0.1, 0.15) is 44.3 Å². The van der Waals surface area contributed by atoms with Gasteiger partial charge in [-0.1, -0.05) is 24.6 Å². The fourth-order valence-electron chi connectivity index (χ4n) is 2.33. The number of rotatable bonds is 5. The Kier molecular flexibility index (Phi) is 4.04. The number of thioether (sulfide) groups is 1. The highest BCUT2D eigenvalue weighted by molar-refractivity contribution is 7.99. The average molecular weight is 254 g/mol. The van der Waals surface area contributed by atoms with E-state index in [1.807, 2.05) is 0 Å².